The highest BCUT2D eigenvalue weighted by atomic mass is 32.2. The Labute approximate surface area is 107 Å². The number of pyridine rings is 1. The summed E-state index contributed by atoms with van der Waals surface area (Å²) in [5.41, 5.74) is 2.09. The molecule has 0 N–H and O–H groups in total. The maximum Gasteiger partial charge on any atom is 0.127 e. The third kappa shape index (κ3) is 2.26. The summed E-state index contributed by atoms with van der Waals surface area (Å²) in [6.07, 6.45) is 3.54. The van der Waals surface area contributed by atoms with E-state index in [1.165, 1.54) is 23.9 Å². The predicted molar refractivity (Wildman–Crippen MR) is 66.0 cm³/mol. The zero-order valence-corrected chi connectivity index (χ0v) is 10.0. The summed E-state index contributed by atoms with van der Waals surface area (Å²) in [5.74, 6) is -1.17. The first kappa shape index (κ1) is 11.3. The van der Waals surface area contributed by atoms with Crippen LogP contribution in [0.25, 0.3) is 0 Å². The number of fused-ring (bicyclic) bond motifs is 1. The van der Waals surface area contributed by atoms with Gasteiger partial charge in [0.1, 0.15) is 16.7 Å². The molecule has 0 unspecified atom stereocenters. The Hall–Kier alpha value is -1.75. The van der Waals surface area contributed by atoms with Gasteiger partial charge >= 0.3 is 0 Å². The van der Waals surface area contributed by atoms with Gasteiger partial charge in [-0.05, 0) is 18.2 Å². The van der Waals surface area contributed by atoms with E-state index in [0.717, 1.165) is 17.2 Å². The van der Waals surface area contributed by atoms with E-state index in [9.17, 15) is 8.78 Å². The van der Waals surface area contributed by atoms with Crippen molar-refractivity contribution in [2.45, 2.75) is 16.5 Å². The summed E-state index contributed by atoms with van der Waals surface area (Å²) in [6.45, 7) is 0.655. The van der Waals surface area contributed by atoms with Crippen molar-refractivity contribution in [1.82, 2.24) is 4.98 Å². The first-order valence-electron chi connectivity index (χ1n) is 5.33. The molecule has 0 radical (unpaired) electrons. The molecule has 90 valence electrons. The molecule has 0 atom stereocenters. The Morgan fingerprint density at radius 1 is 1.06 bits per heavy atom. The van der Waals surface area contributed by atoms with Crippen molar-refractivity contribution in [3.63, 3.8) is 0 Å². The zero-order valence-electron chi connectivity index (χ0n) is 9.23. The average molecular weight is 262 g/mol. The highest BCUT2D eigenvalue weighted by molar-refractivity contribution is 7.99. The van der Waals surface area contributed by atoms with E-state index in [4.69, 9.17) is 0 Å². The van der Waals surface area contributed by atoms with Gasteiger partial charge in [-0.3, -0.25) is 4.99 Å². The van der Waals surface area contributed by atoms with Gasteiger partial charge in [0.15, 0.2) is 0 Å². The first-order valence-corrected chi connectivity index (χ1v) is 6.15. The molecular formula is C13H8F2N2S. The molecule has 0 aliphatic carbocycles. The molecule has 1 aromatic carbocycles. The van der Waals surface area contributed by atoms with Crippen LogP contribution in [-0.4, -0.2) is 11.2 Å². The van der Waals surface area contributed by atoms with Gasteiger partial charge in [0.25, 0.3) is 0 Å². The number of hydrogen-bond donors (Lipinski definition) is 0. The molecule has 18 heavy (non-hydrogen) atoms. The van der Waals surface area contributed by atoms with E-state index in [0.29, 0.717) is 16.5 Å². The Morgan fingerprint density at radius 3 is 2.61 bits per heavy atom. The highest BCUT2D eigenvalue weighted by Crippen LogP contribution is 2.29. The van der Waals surface area contributed by atoms with Crippen molar-refractivity contribution in [3.8, 4) is 0 Å². The average Bonchev–Trinajstić information content (AvgIpc) is 2.74. The molecule has 0 fully saturated rings. The molecule has 0 saturated heterocycles. The van der Waals surface area contributed by atoms with Crippen molar-refractivity contribution in [1.29, 1.82) is 0 Å². The van der Waals surface area contributed by atoms with Crippen molar-refractivity contribution < 1.29 is 8.78 Å². The van der Waals surface area contributed by atoms with Crippen molar-refractivity contribution in [2.75, 3.05) is 0 Å². The fourth-order valence-corrected chi connectivity index (χ4v) is 2.61. The molecule has 1 aliphatic rings. The van der Waals surface area contributed by atoms with Gasteiger partial charge in [-0.15, -0.1) is 0 Å². The zero-order chi connectivity index (χ0) is 12.5. The number of hydrogen-bond acceptors (Lipinski definition) is 3. The summed E-state index contributed by atoms with van der Waals surface area (Å²) in [4.78, 5) is 8.87. The summed E-state index contributed by atoms with van der Waals surface area (Å²) in [5, 5.41) is 0.701. The van der Waals surface area contributed by atoms with Crippen LogP contribution in [0.1, 0.15) is 11.1 Å². The fourth-order valence-electron chi connectivity index (χ4n) is 1.74. The van der Waals surface area contributed by atoms with Crippen LogP contribution in [0.5, 0.6) is 0 Å². The van der Waals surface area contributed by atoms with Crippen LogP contribution in [0.15, 0.2) is 45.4 Å². The molecule has 1 aliphatic heterocycles. The van der Waals surface area contributed by atoms with E-state index in [1.807, 2.05) is 6.07 Å². The van der Waals surface area contributed by atoms with Gasteiger partial charge in [-0.25, -0.2) is 13.8 Å². The summed E-state index contributed by atoms with van der Waals surface area (Å²) < 4.78 is 26.1. The third-order valence-corrected chi connectivity index (χ3v) is 3.45. The van der Waals surface area contributed by atoms with Crippen LogP contribution in [0, 0.1) is 11.6 Å². The van der Waals surface area contributed by atoms with Gasteiger partial charge in [-0.1, -0.05) is 11.8 Å². The van der Waals surface area contributed by atoms with Crippen LogP contribution < -0.4 is 0 Å². The van der Waals surface area contributed by atoms with E-state index in [1.54, 1.807) is 12.4 Å². The maximum atomic E-state index is 13.1. The van der Waals surface area contributed by atoms with Crippen LogP contribution in [0.2, 0.25) is 0 Å². The molecule has 5 heteroatoms. The lowest BCUT2D eigenvalue weighted by molar-refractivity contribution is 0.577. The molecular weight excluding hydrogens is 254 g/mol. The maximum absolute atomic E-state index is 13.1. The third-order valence-electron chi connectivity index (χ3n) is 2.55. The van der Waals surface area contributed by atoms with Crippen LogP contribution >= 0.6 is 11.8 Å². The molecule has 2 nitrogen and oxygen atoms in total. The number of aliphatic imine (C=N–C) groups is 1. The first-order chi connectivity index (χ1) is 8.70. The van der Waals surface area contributed by atoms with E-state index < -0.39 is 11.6 Å². The minimum atomic E-state index is -0.583. The monoisotopic (exact) mass is 262 g/mol. The SMILES string of the molecule is Fc1cc(F)cc(Sc2cc3c(cn2)CN=C3)c1. The number of benzene rings is 1. The number of nitrogens with zero attached hydrogens (tertiary/aromatic N) is 2. The van der Waals surface area contributed by atoms with Crippen LogP contribution in [-0.2, 0) is 6.54 Å². The minimum Gasteiger partial charge on any atom is -0.288 e. The standard InChI is InChI=1S/C13H8F2N2S/c14-10-2-11(15)4-12(3-10)18-13-1-8-5-16-6-9(8)7-17-13/h1-5,7H,6H2. The Kier molecular flexibility index (Phi) is 2.83. The quantitative estimate of drug-likeness (QED) is 0.828. The van der Waals surface area contributed by atoms with Gasteiger partial charge < -0.3 is 0 Å². The molecule has 0 spiro atoms. The van der Waals surface area contributed by atoms with E-state index in [2.05, 4.69) is 9.98 Å². The molecule has 0 amide bonds. The van der Waals surface area contributed by atoms with E-state index >= 15 is 0 Å². The van der Waals surface area contributed by atoms with Crippen LogP contribution in [0.4, 0.5) is 8.78 Å². The minimum absolute atomic E-state index is 0.495. The number of halogens is 2. The smallest absolute Gasteiger partial charge is 0.127 e. The van der Waals surface area contributed by atoms with Gasteiger partial charge in [-0.2, -0.15) is 0 Å². The molecule has 0 bridgehead atoms. The largest absolute Gasteiger partial charge is 0.288 e. The Morgan fingerprint density at radius 2 is 1.83 bits per heavy atom. The lowest BCUT2D eigenvalue weighted by Crippen LogP contribution is -1.89. The number of rotatable bonds is 2. The van der Waals surface area contributed by atoms with Crippen LogP contribution in [0.3, 0.4) is 0 Å². The van der Waals surface area contributed by atoms with Gasteiger partial charge in [0, 0.05) is 34.5 Å². The second-order valence-corrected chi connectivity index (χ2v) is 4.99. The second-order valence-electron chi connectivity index (χ2n) is 3.90. The summed E-state index contributed by atoms with van der Waals surface area (Å²) >= 11 is 1.23. The van der Waals surface area contributed by atoms with Gasteiger partial charge in [0.2, 0.25) is 0 Å². The lowest BCUT2D eigenvalue weighted by Gasteiger charge is -2.03. The fraction of sp³-hybridized carbons (Fsp3) is 0.0769. The molecule has 1 aromatic heterocycles. The lowest BCUT2D eigenvalue weighted by atomic mass is 10.2. The predicted octanol–water partition coefficient (Wildman–Crippen LogP) is 3.44. The normalized spacial score (nSPS) is 12.8. The molecule has 2 aromatic rings. The summed E-state index contributed by atoms with van der Waals surface area (Å²) in [7, 11) is 0. The van der Waals surface area contributed by atoms with Crippen molar-refractivity contribution >= 4 is 18.0 Å². The topological polar surface area (TPSA) is 25.2 Å². The highest BCUT2D eigenvalue weighted by Gasteiger charge is 2.09. The second kappa shape index (κ2) is 4.49. The van der Waals surface area contributed by atoms with Crippen molar-refractivity contribution in [2.24, 2.45) is 4.99 Å². The Bertz CT molecular complexity index is 621. The molecule has 2 heterocycles. The Balaban J connectivity index is 1.90. The van der Waals surface area contributed by atoms with Crippen molar-refractivity contribution in [3.05, 3.63) is 53.2 Å². The van der Waals surface area contributed by atoms with Gasteiger partial charge in [0.05, 0.1) is 6.54 Å². The number of aromatic nitrogens is 1. The molecule has 0 saturated carbocycles. The van der Waals surface area contributed by atoms with E-state index in [-0.39, 0.29) is 0 Å². The molecule has 3 rings (SSSR count). The summed E-state index contributed by atoms with van der Waals surface area (Å²) in [6, 6.07) is 5.31.